The number of aromatic nitrogens is 3. The summed E-state index contributed by atoms with van der Waals surface area (Å²) in [4.78, 5) is 34.5. The zero-order valence-corrected chi connectivity index (χ0v) is 22.0. The molecule has 2 aromatic heterocycles. The molecule has 0 spiro atoms. The Morgan fingerprint density at radius 1 is 1.34 bits per heavy atom. The molecule has 3 aromatic rings. The molecule has 200 valence electrons. The second kappa shape index (κ2) is 10.7. The Labute approximate surface area is 223 Å². The van der Waals surface area contributed by atoms with Gasteiger partial charge < -0.3 is 15.4 Å². The predicted molar refractivity (Wildman–Crippen MR) is 141 cm³/mol. The van der Waals surface area contributed by atoms with Gasteiger partial charge in [0.05, 0.1) is 10.9 Å². The van der Waals surface area contributed by atoms with Gasteiger partial charge >= 0.3 is 0 Å². The number of carbonyl (C=O) groups excluding carboxylic acids is 1. The Morgan fingerprint density at radius 2 is 2.05 bits per heavy atom. The quantitative estimate of drug-likeness (QED) is 0.346. The molecule has 8 nitrogen and oxygen atoms in total. The third-order valence-electron chi connectivity index (χ3n) is 6.97. The Morgan fingerprint density at radius 3 is 2.68 bits per heavy atom. The number of carbonyl (C=O) groups is 1. The monoisotopic (exact) mass is 543 g/mol. The highest BCUT2D eigenvalue weighted by molar-refractivity contribution is 6.27. The molecule has 3 heterocycles. The number of ether oxygens (including phenoxy) is 1. The van der Waals surface area contributed by atoms with Gasteiger partial charge in [-0.2, -0.15) is 0 Å². The molecule has 1 aliphatic rings. The number of halogens is 3. The van der Waals surface area contributed by atoms with Crippen LogP contribution in [0.5, 0.6) is 0 Å². The van der Waals surface area contributed by atoms with E-state index in [1.807, 2.05) is 0 Å². The van der Waals surface area contributed by atoms with E-state index in [-0.39, 0.29) is 17.0 Å². The van der Waals surface area contributed by atoms with Gasteiger partial charge in [-0.15, -0.1) is 18.0 Å². The van der Waals surface area contributed by atoms with E-state index >= 15 is 0 Å². The van der Waals surface area contributed by atoms with Crippen LogP contribution in [0.2, 0.25) is 0 Å². The first kappa shape index (κ1) is 27.5. The fourth-order valence-electron chi connectivity index (χ4n) is 5.00. The normalized spacial score (nSPS) is 16.0. The largest absolute Gasteiger partial charge is 0.381 e. The van der Waals surface area contributed by atoms with Crippen LogP contribution in [0.25, 0.3) is 11.0 Å². The molecule has 0 radical (unpaired) electrons. The van der Waals surface area contributed by atoms with Crippen LogP contribution in [0, 0.1) is 19.3 Å². The van der Waals surface area contributed by atoms with Crippen LogP contribution in [0.1, 0.15) is 48.1 Å². The number of terminal acetylenes is 1. The van der Waals surface area contributed by atoms with Crippen LogP contribution in [0.15, 0.2) is 35.4 Å². The highest BCUT2D eigenvalue weighted by Gasteiger charge is 2.39. The van der Waals surface area contributed by atoms with E-state index in [1.165, 1.54) is 23.0 Å². The number of fused-ring (bicyclic) bond motifs is 1. The number of benzene rings is 1. The van der Waals surface area contributed by atoms with E-state index in [4.69, 9.17) is 22.8 Å². The highest BCUT2D eigenvalue weighted by Crippen LogP contribution is 2.35. The Hall–Kier alpha value is -3.55. The van der Waals surface area contributed by atoms with Crippen molar-refractivity contribution in [1.29, 1.82) is 0 Å². The van der Waals surface area contributed by atoms with Gasteiger partial charge in [-0.1, -0.05) is 24.1 Å². The molecule has 0 aliphatic carbocycles. The van der Waals surface area contributed by atoms with Crippen LogP contribution in [0.4, 0.5) is 14.6 Å². The van der Waals surface area contributed by atoms with Gasteiger partial charge in [0.1, 0.15) is 29.7 Å². The molecule has 1 saturated heterocycles. The number of amides is 1. The average Bonchev–Trinajstić information content (AvgIpc) is 2.89. The van der Waals surface area contributed by atoms with Crippen LogP contribution >= 0.6 is 11.6 Å². The lowest BCUT2D eigenvalue weighted by Crippen LogP contribution is -2.53. The number of rotatable bonds is 7. The Kier molecular flexibility index (Phi) is 7.72. The lowest BCUT2D eigenvalue weighted by Gasteiger charge is -2.38. The number of anilines is 1. The smallest absolute Gasteiger partial charge is 0.270 e. The summed E-state index contributed by atoms with van der Waals surface area (Å²) >= 11 is 5.77. The molecule has 1 aromatic carbocycles. The van der Waals surface area contributed by atoms with Gasteiger partial charge in [-0.25, -0.2) is 18.7 Å². The zero-order chi connectivity index (χ0) is 27.7. The average molecular weight is 544 g/mol. The lowest BCUT2D eigenvalue weighted by molar-refractivity contribution is -0.122. The second-order valence-electron chi connectivity index (χ2n) is 9.41. The van der Waals surface area contributed by atoms with Crippen molar-refractivity contribution in [1.82, 2.24) is 19.9 Å². The number of hydrogen-bond acceptors (Lipinski definition) is 6. The van der Waals surface area contributed by atoms with Gasteiger partial charge in [0.15, 0.2) is 0 Å². The fourth-order valence-corrected chi connectivity index (χ4v) is 5.06. The van der Waals surface area contributed by atoms with Gasteiger partial charge in [-0.05, 0) is 37.0 Å². The van der Waals surface area contributed by atoms with Crippen molar-refractivity contribution in [3.8, 4) is 12.3 Å². The first-order valence-electron chi connectivity index (χ1n) is 12.0. The number of pyridine rings is 1. The molecule has 0 saturated carbocycles. The molecule has 2 N–H and O–H groups in total. The molecule has 1 amide bonds. The molecule has 1 atom stereocenters. The topological polar surface area (TPSA) is 98.1 Å². The predicted octanol–water partition coefficient (Wildman–Crippen LogP) is 3.90. The Balaban J connectivity index is 1.86. The molecule has 4 rings (SSSR count). The van der Waals surface area contributed by atoms with Crippen molar-refractivity contribution in [2.24, 2.45) is 7.05 Å². The zero-order valence-electron chi connectivity index (χ0n) is 21.3. The summed E-state index contributed by atoms with van der Waals surface area (Å²) < 4.78 is 35.2. The molecule has 1 aliphatic heterocycles. The van der Waals surface area contributed by atoms with Gasteiger partial charge in [0.2, 0.25) is 5.91 Å². The van der Waals surface area contributed by atoms with Crippen molar-refractivity contribution in [2.45, 2.75) is 44.2 Å². The fraction of sp³-hybridized carbons (Fsp3) is 0.407. The molecule has 11 heteroatoms. The van der Waals surface area contributed by atoms with Crippen molar-refractivity contribution < 1.29 is 18.3 Å². The van der Waals surface area contributed by atoms with Crippen molar-refractivity contribution >= 4 is 34.4 Å². The Bertz CT molecular complexity index is 1470. The maximum absolute atomic E-state index is 14.2. The van der Waals surface area contributed by atoms with Crippen LogP contribution in [0.3, 0.4) is 0 Å². The van der Waals surface area contributed by atoms with Crippen LogP contribution < -0.4 is 16.2 Å². The maximum atomic E-state index is 14.2. The van der Waals surface area contributed by atoms with Crippen molar-refractivity contribution in [3.05, 3.63) is 63.2 Å². The van der Waals surface area contributed by atoms with E-state index < -0.39 is 23.4 Å². The number of aryl methyl sites for hydroxylation is 1. The SMILES string of the molecule is C#CC(Nc1ncnc2c1cc(C1(NC(=O)CCl)CCOCC1)c(=O)n2C)c1cccc(C(C)(F)F)c1C. The first-order chi connectivity index (χ1) is 18.0. The third kappa shape index (κ3) is 5.08. The highest BCUT2D eigenvalue weighted by atomic mass is 35.5. The van der Waals surface area contributed by atoms with Gasteiger partial charge in [0.25, 0.3) is 11.5 Å². The van der Waals surface area contributed by atoms with E-state index in [1.54, 1.807) is 26.1 Å². The third-order valence-corrected chi connectivity index (χ3v) is 7.22. The summed E-state index contributed by atoms with van der Waals surface area (Å²) in [6, 6.07) is 5.44. The van der Waals surface area contributed by atoms with E-state index in [0.29, 0.717) is 59.6 Å². The van der Waals surface area contributed by atoms with Crippen molar-refractivity contribution in [2.75, 3.05) is 24.4 Å². The minimum Gasteiger partial charge on any atom is -0.381 e. The summed E-state index contributed by atoms with van der Waals surface area (Å²) in [5.74, 6) is -0.772. The second-order valence-corrected chi connectivity index (χ2v) is 9.68. The number of hydrogen-bond donors (Lipinski definition) is 2. The minimum atomic E-state index is -3.04. The molecule has 1 unspecified atom stereocenters. The summed E-state index contributed by atoms with van der Waals surface area (Å²) in [7, 11) is 1.58. The molecular formula is C27H28ClF2N5O3. The summed E-state index contributed by atoms with van der Waals surface area (Å²) in [6.45, 7) is 3.13. The summed E-state index contributed by atoms with van der Waals surface area (Å²) in [5.41, 5.74) is 0.0952. The standard InChI is InChI=1S/C27H28ClF2N5O3/c1-5-21(17-7-6-8-19(16(17)2)26(3,29)30)33-23-18-13-20(25(37)35(4)24(18)32-15-31-23)27(34-22(36)14-28)9-11-38-12-10-27/h1,6-8,13,15,21H,9-12,14H2,2-4H3,(H,34,36)(H,31,32,33). The molecule has 0 bridgehead atoms. The lowest BCUT2D eigenvalue weighted by atomic mass is 9.82. The first-order valence-corrected chi connectivity index (χ1v) is 12.6. The number of nitrogens with one attached hydrogen (secondary N) is 2. The van der Waals surface area contributed by atoms with E-state index in [9.17, 15) is 18.4 Å². The van der Waals surface area contributed by atoms with Crippen LogP contribution in [-0.4, -0.2) is 39.5 Å². The van der Waals surface area contributed by atoms with Crippen molar-refractivity contribution in [3.63, 3.8) is 0 Å². The number of alkyl halides is 3. The summed E-state index contributed by atoms with van der Waals surface area (Å²) in [6.07, 6.45) is 7.88. The van der Waals surface area contributed by atoms with E-state index in [0.717, 1.165) is 6.92 Å². The minimum absolute atomic E-state index is 0.120. The molecule has 38 heavy (non-hydrogen) atoms. The maximum Gasteiger partial charge on any atom is 0.270 e. The number of nitrogens with zero attached hydrogens (tertiary/aromatic N) is 3. The van der Waals surface area contributed by atoms with Gasteiger partial charge in [-0.3, -0.25) is 14.2 Å². The van der Waals surface area contributed by atoms with E-state index in [2.05, 4.69) is 26.5 Å². The van der Waals surface area contributed by atoms with Gasteiger partial charge in [0, 0.05) is 38.3 Å². The molecule has 1 fully saturated rings. The summed E-state index contributed by atoms with van der Waals surface area (Å²) in [5, 5.41) is 6.57. The molecular weight excluding hydrogens is 516 g/mol. The van der Waals surface area contributed by atoms with Crippen LogP contribution in [-0.2, 0) is 28.0 Å².